The topological polar surface area (TPSA) is 69.0 Å². The van der Waals surface area contributed by atoms with Crippen molar-refractivity contribution in [2.45, 2.75) is 40.3 Å². The van der Waals surface area contributed by atoms with E-state index in [2.05, 4.69) is 41.4 Å². The van der Waals surface area contributed by atoms with Crippen LogP contribution in [0.3, 0.4) is 0 Å². The predicted octanol–water partition coefficient (Wildman–Crippen LogP) is 5.80. The number of hydrogen-bond donors (Lipinski definition) is 1. The van der Waals surface area contributed by atoms with E-state index in [1.165, 1.54) is 16.9 Å². The molecule has 7 heteroatoms. The molecule has 0 fully saturated rings. The van der Waals surface area contributed by atoms with Crippen LogP contribution in [0.15, 0.2) is 48.7 Å². The highest BCUT2D eigenvalue weighted by Crippen LogP contribution is 2.34. The van der Waals surface area contributed by atoms with Crippen LogP contribution in [-0.4, -0.2) is 20.9 Å². The summed E-state index contributed by atoms with van der Waals surface area (Å²) in [6.45, 7) is 7.09. The second-order valence-corrected chi connectivity index (χ2v) is 8.00. The van der Waals surface area contributed by atoms with Gasteiger partial charge in [0.1, 0.15) is 16.6 Å². The summed E-state index contributed by atoms with van der Waals surface area (Å²) >= 11 is 1.47. The van der Waals surface area contributed by atoms with Crippen LogP contribution in [0.1, 0.15) is 30.7 Å². The number of ether oxygens (including phenoxy) is 1. The minimum absolute atomic E-state index is 0.197. The van der Waals surface area contributed by atoms with Crippen molar-refractivity contribution in [3.05, 3.63) is 65.5 Å². The lowest BCUT2D eigenvalue weighted by molar-refractivity contribution is 0.155. The van der Waals surface area contributed by atoms with Crippen LogP contribution in [0.25, 0.3) is 21.5 Å². The van der Waals surface area contributed by atoms with Crippen LogP contribution in [0.2, 0.25) is 0 Å². The molecule has 2 aromatic heterocycles. The quantitative estimate of drug-likeness (QED) is 0.428. The van der Waals surface area contributed by atoms with E-state index in [1.807, 2.05) is 48.1 Å². The zero-order valence-electron chi connectivity index (χ0n) is 17.3. The van der Waals surface area contributed by atoms with Crippen molar-refractivity contribution >= 4 is 33.3 Å². The number of amides is 1. The first-order chi connectivity index (χ1) is 14.6. The fourth-order valence-corrected chi connectivity index (χ4v) is 4.43. The highest BCUT2D eigenvalue weighted by Gasteiger charge is 2.15. The number of thiazole rings is 1. The summed E-state index contributed by atoms with van der Waals surface area (Å²) in [5.41, 5.74) is 5.13. The van der Waals surface area contributed by atoms with Gasteiger partial charge in [0.05, 0.1) is 17.4 Å². The summed E-state index contributed by atoms with van der Waals surface area (Å²) in [6, 6.07) is 14.2. The van der Waals surface area contributed by atoms with Crippen LogP contribution >= 0.6 is 11.3 Å². The number of carbonyl (C=O) groups excluding carboxylic acids is 1. The Bertz CT molecular complexity index is 1200. The summed E-state index contributed by atoms with van der Waals surface area (Å²) < 4.78 is 7.37. The molecular weight excluding hydrogens is 396 g/mol. The number of anilines is 1. The van der Waals surface area contributed by atoms with Crippen molar-refractivity contribution in [1.29, 1.82) is 0 Å². The largest absolute Gasteiger partial charge is 0.444 e. The predicted molar refractivity (Wildman–Crippen MR) is 121 cm³/mol. The molecule has 0 unspecified atom stereocenters. The van der Waals surface area contributed by atoms with Gasteiger partial charge in [-0.25, -0.2) is 9.78 Å². The van der Waals surface area contributed by atoms with Gasteiger partial charge < -0.3 is 4.74 Å². The normalized spacial score (nSPS) is 11.0. The summed E-state index contributed by atoms with van der Waals surface area (Å²) in [6.07, 6.45) is 2.28. The molecule has 1 amide bonds. The summed E-state index contributed by atoms with van der Waals surface area (Å²) in [4.78, 5) is 17.0. The zero-order chi connectivity index (χ0) is 21.1. The third-order valence-corrected chi connectivity index (χ3v) is 6.12. The standard InChI is InChI=1S/C23H24N4O2S/c1-4-17-8-6-7-9-19(17)22-25-15(3)21(30-22)26-23(28)29-14-16-10-11-20-18(12-16)13-24-27(20)5-2/h6-13H,4-5,14H2,1-3H3,(H,26,28). The monoisotopic (exact) mass is 420 g/mol. The van der Waals surface area contributed by atoms with Crippen molar-refractivity contribution in [3.63, 3.8) is 0 Å². The minimum atomic E-state index is -0.485. The van der Waals surface area contributed by atoms with Crippen molar-refractivity contribution < 1.29 is 9.53 Å². The van der Waals surface area contributed by atoms with Gasteiger partial charge in [-0.3, -0.25) is 10.00 Å². The maximum Gasteiger partial charge on any atom is 0.412 e. The first-order valence-corrected chi connectivity index (χ1v) is 10.8. The van der Waals surface area contributed by atoms with Crippen LogP contribution in [0, 0.1) is 6.92 Å². The van der Waals surface area contributed by atoms with Crippen molar-refractivity contribution in [2.24, 2.45) is 0 Å². The average Bonchev–Trinajstić information content (AvgIpc) is 3.34. The molecule has 6 nitrogen and oxygen atoms in total. The van der Waals surface area contributed by atoms with Gasteiger partial charge in [0.15, 0.2) is 0 Å². The molecule has 0 saturated heterocycles. The van der Waals surface area contributed by atoms with Gasteiger partial charge in [-0.05, 0) is 43.5 Å². The summed E-state index contributed by atoms with van der Waals surface area (Å²) in [5.74, 6) is 0. The molecule has 30 heavy (non-hydrogen) atoms. The number of fused-ring (bicyclic) bond motifs is 1. The molecular formula is C23H24N4O2S. The van der Waals surface area contributed by atoms with Gasteiger partial charge in [-0.2, -0.15) is 5.10 Å². The van der Waals surface area contributed by atoms with Gasteiger partial charge in [-0.1, -0.05) is 48.6 Å². The third kappa shape index (κ3) is 4.07. The lowest BCUT2D eigenvalue weighted by Crippen LogP contribution is -2.13. The van der Waals surface area contributed by atoms with E-state index < -0.39 is 6.09 Å². The van der Waals surface area contributed by atoms with E-state index >= 15 is 0 Å². The van der Waals surface area contributed by atoms with Crippen molar-refractivity contribution in [2.75, 3.05) is 5.32 Å². The fourth-order valence-electron chi connectivity index (χ4n) is 3.42. The first kappa shape index (κ1) is 20.1. The summed E-state index contributed by atoms with van der Waals surface area (Å²) in [7, 11) is 0. The SMILES string of the molecule is CCc1ccccc1-c1nc(C)c(NC(=O)OCc2ccc3c(cnn3CC)c2)s1. The van der Waals surface area contributed by atoms with E-state index in [9.17, 15) is 4.79 Å². The Labute approximate surface area is 179 Å². The molecule has 0 aliphatic carbocycles. The smallest absolute Gasteiger partial charge is 0.412 e. The maximum atomic E-state index is 12.4. The molecule has 0 bridgehead atoms. The number of hydrogen-bond acceptors (Lipinski definition) is 5. The fraction of sp³-hybridized carbons (Fsp3) is 0.261. The lowest BCUT2D eigenvalue weighted by atomic mass is 10.1. The molecule has 0 atom stereocenters. The van der Waals surface area contributed by atoms with Gasteiger partial charge in [-0.15, -0.1) is 0 Å². The Balaban J connectivity index is 1.42. The molecule has 154 valence electrons. The molecule has 0 aliphatic rings. The molecule has 4 rings (SSSR count). The van der Waals surface area contributed by atoms with Gasteiger partial charge in [0.25, 0.3) is 0 Å². The first-order valence-electron chi connectivity index (χ1n) is 10.0. The van der Waals surface area contributed by atoms with E-state index in [4.69, 9.17) is 4.74 Å². The number of nitrogens with zero attached hydrogens (tertiary/aromatic N) is 3. The van der Waals surface area contributed by atoms with Crippen LogP contribution < -0.4 is 5.32 Å². The summed E-state index contributed by atoms with van der Waals surface area (Å²) in [5, 5.41) is 9.83. The lowest BCUT2D eigenvalue weighted by Gasteiger charge is -2.07. The molecule has 0 radical (unpaired) electrons. The Morgan fingerprint density at radius 1 is 1.20 bits per heavy atom. The molecule has 1 N–H and O–H groups in total. The van der Waals surface area contributed by atoms with Gasteiger partial charge >= 0.3 is 6.09 Å². The Kier molecular flexibility index (Phi) is 5.81. The highest BCUT2D eigenvalue weighted by atomic mass is 32.1. The number of aryl methyl sites for hydroxylation is 3. The zero-order valence-corrected chi connectivity index (χ0v) is 18.1. The molecule has 0 aliphatic heterocycles. The van der Waals surface area contributed by atoms with E-state index in [0.717, 1.165) is 45.7 Å². The molecule has 0 saturated carbocycles. The Morgan fingerprint density at radius 3 is 2.83 bits per heavy atom. The van der Waals surface area contributed by atoms with Crippen LogP contribution in [0.4, 0.5) is 9.80 Å². The number of aromatic nitrogens is 3. The van der Waals surface area contributed by atoms with Gasteiger partial charge in [0, 0.05) is 17.5 Å². The van der Waals surface area contributed by atoms with Crippen LogP contribution in [0.5, 0.6) is 0 Å². The second kappa shape index (κ2) is 8.67. The number of carbonyl (C=O) groups is 1. The van der Waals surface area contributed by atoms with Crippen molar-refractivity contribution in [1.82, 2.24) is 14.8 Å². The van der Waals surface area contributed by atoms with Crippen molar-refractivity contribution in [3.8, 4) is 10.6 Å². The Hall–Kier alpha value is -3.19. The molecule has 2 aromatic carbocycles. The number of nitrogens with one attached hydrogen (secondary N) is 1. The molecule has 4 aromatic rings. The molecule has 2 heterocycles. The van der Waals surface area contributed by atoms with Crippen LogP contribution in [-0.2, 0) is 24.3 Å². The number of rotatable bonds is 6. The maximum absolute atomic E-state index is 12.4. The van der Waals surface area contributed by atoms with Gasteiger partial charge in [0.2, 0.25) is 0 Å². The third-order valence-electron chi connectivity index (χ3n) is 5.02. The molecule has 0 spiro atoms. The van der Waals surface area contributed by atoms with E-state index in [-0.39, 0.29) is 6.61 Å². The van der Waals surface area contributed by atoms with E-state index in [0.29, 0.717) is 5.00 Å². The average molecular weight is 421 g/mol. The van der Waals surface area contributed by atoms with E-state index in [1.54, 1.807) is 0 Å². The highest BCUT2D eigenvalue weighted by molar-refractivity contribution is 7.19. The Morgan fingerprint density at radius 2 is 2.03 bits per heavy atom. The number of benzene rings is 2. The minimum Gasteiger partial charge on any atom is -0.444 e. The second-order valence-electron chi connectivity index (χ2n) is 7.00.